The van der Waals surface area contributed by atoms with Crippen LogP contribution in [0.1, 0.15) is 38.5 Å². The van der Waals surface area contributed by atoms with Gasteiger partial charge in [-0.2, -0.15) is 0 Å². The molecule has 0 saturated heterocycles. The summed E-state index contributed by atoms with van der Waals surface area (Å²) in [6.07, 6.45) is 7.03. The lowest BCUT2D eigenvalue weighted by atomic mass is 10.2. The Balaban J connectivity index is 0.00000144. The van der Waals surface area contributed by atoms with Crippen LogP contribution in [0.15, 0.2) is 4.99 Å². The van der Waals surface area contributed by atoms with E-state index in [0.29, 0.717) is 18.0 Å². The molecule has 2 aliphatic carbocycles. The van der Waals surface area contributed by atoms with Crippen molar-refractivity contribution in [2.24, 2.45) is 10.7 Å². The molecule has 17 heavy (non-hydrogen) atoms. The number of hydrogen-bond donors (Lipinski definition) is 3. The lowest BCUT2D eigenvalue weighted by molar-refractivity contribution is -0.119. The van der Waals surface area contributed by atoms with Gasteiger partial charge in [0.15, 0.2) is 5.96 Å². The van der Waals surface area contributed by atoms with Gasteiger partial charge in [0, 0.05) is 12.1 Å². The molecule has 2 rings (SSSR count). The van der Waals surface area contributed by atoms with Crippen LogP contribution < -0.4 is 16.4 Å². The smallest absolute Gasteiger partial charge is 0.242 e. The molecule has 0 spiro atoms. The highest BCUT2D eigenvalue weighted by Crippen LogP contribution is 2.18. The van der Waals surface area contributed by atoms with Crippen molar-refractivity contribution in [2.75, 3.05) is 6.54 Å². The number of nitrogens with two attached hydrogens (primary N) is 1. The van der Waals surface area contributed by atoms with E-state index in [1.807, 2.05) is 0 Å². The Bertz CT molecular complexity index is 285. The molecule has 0 atom stereocenters. The molecule has 0 unspecified atom stereocenters. The first kappa shape index (κ1) is 14.5. The number of nitrogens with one attached hydrogen (secondary N) is 2. The van der Waals surface area contributed by atoms with E-state index in [1.54, 1.807) is 0 Å². The van der Waals surface area contributed by atoms with Crippen LogP contribution in [0, 0.1) is 0 Å². The summed E-state index contributed by atoms with van der Waals surface area (Å²) in [5.74, 6) is 0.372. The van der Waals surface area contributed by atoms with Crippen molar-refractivity contribution in [3.8, 4) is 0 Å². The van der Waals surface area contributed by atoms with Crippen molar-refractivity contribution in [3.05, 3.63) is 0 Å². The molecule has 0 bridgehead atoms. The van der Waals surface area contributed by atoms with Gasteiger partial charge < -0.3 is 16.4 Å². The number of carbonyl (C=O) groups is 1. The van der Waals surface area contributed by atoms with Crippen molar-refractivity contribution in [1.29, 1.82) is 0 Å². The second-order valence-corrected chi connectivity index (χ2v) is 4.67. The topological polar surface area (TPSA) is 79.5 Å². The van der Waals surface area contributed by atoms with Crippen LogP contribution in [0.5, 0.6) is 0 Å². The molecule has 0 heterocycles. The molecule has 2 aliphatic rings. The van der Waals surface area contributed by atoms with E-state index in [4.69, 9.17) is 5.73 Å². The predicted molar refractivity (Wildman–Crippen MR) is 78.5 cm³/mol. The average molecular weight is 352 g/mol. The predicted octanol–water partition coefficient (Wildman–Crippen LogP) is 0.730. The minimum Gasteiger partial charge on any atom is -0.370 e. The first-order chi connectivity index (χ1) is 7.74. The third-order valence-electron chi connectivity index (χ3n) is 3.04. The van der Waals surface area contributed by atoms with Crippen molar-refractivity contribution < 1.29 is 4.79 Å². The standard InChI is InChI=1S/C11H20N4O.HI/c12-11(15-8-3-1-2-4-8)13-7-10(16)14-9-5-6-9;/h8-9H,1-7H2,(H,14,16)(H3,12,13,15);1H. The number of aliphatic imine (C=N–C) groups is 1. The fourth-order valence-electron chi connectivity index (χ4n) is 1.98. The van der Waals surface area contributed by atoms with E-state index in [1.165, 1.54) is 12.8 Å². The molecule has 0 aromatic heterocycles. The summed E-state index contributed by atoms with van der Waals surface area (Å²) >= 11 is 0. The van der Waals surface area contributed by atoms with Crippen LogP contribution in [-0.4, -0.2) is 30.5 Å². The van der Waals surface area contributed by atoms with E-state index in [0.717, 1.165) is 25.7 Å². The Morgan fingerprint density at radius 2 is 1.71 bits per heavy atom. The summed E-state index contributed by atoms with van der Waals surface area (Å²) < 4.78 is 0. The molecule has 0 aromatic carbocycles. The monoisotopic (exact) mass is 352 g/mol. The molecule has 0 aromatic rings. The first-order valence-electron chi connectivity index (χ1n) is 6.10. The average Bonchev–Trinajstić information content (AvgIpc) is 2.91. The van der Waals surface area contributed by atoms with Crippen LogP contribution in [0.2, 0.25) is 0 Å². The van der Waals surface area contributed by atoms with E-state index >= 15 is 0 Å². The normalized spacial score (nSPS) is 20.8. The lowest BCUT2D eigenvalue weighted by Gasteiger charge is -2.12. The van der Waals surface area contributed by atoms with Gasteiger partial charge in [-0.1, -0.05) is 12.8 Å². The fraction of sp³-hybridized carbons (Fsp3) is 0.818. The van der Waals surface area contributed by atoms with E-state index in [-0.39, 0.29) is 36.4 Å². The summed E-state index contributed by atoms with van der Waals surface area (Å²) in [6.45, 7) is 0.141. The Morgan fingerprint density at radius 1 is 1.12 bits per heavy atom. The van der Waals surface area contributed by atoms with Gasteiger partial charge in [0.25, 0.3) is 0 Å². The van der Waals surface area contributed by atoms with Gasteiger partial charge in [0.1, 0.15) is 6.54 Å². The molecule has 4 N–H and O–H groups in total. The zero-order valence-electron chi connectivity index (χ0n) is 9.95. The van der Waals surface area contributed by atoms with Gasteiger partial charge in [0.2, 0.25) is 5.91 Å². The quantitative estimate of drug-likeness (QED) is 0.397. The molecule has 5 nitrogen and oxygen atoms in total. The third-order valence-corrected chi connectivity index (χ3v) is 3.04. The Kier molecular flexibility index (Phi) is 6.01. The first-order valence-corrected chi connectivity index (χ1v) is 6.10. The van der Waals surface area contributed by atoms with Gasteiger partial charge in [-0.3, -0.25) is 4.79 Å². The lowest BCUT2D eigenvalue weighted by Crippen LogP contribution is -2.39. The molecule has 2 saturated carbocycles. The minimum atomic E-state index is -0.0290. The molecule has 0 radical (unpaired) electrons. The second-order valence-electron chi connectivity index (χ2n) is 4.67. The minimum absolute atomic E-state index is 0. The summed E-state index contributed by atoms with van der Waals surface area (Å²) in [5, 5.41) is 6.02. The molecular weight excluding hydrogens is 331 g/mol. The van der Waals surface area contributed by atoms with Gasteiger partial charge in [-0.25, -0.2) is 4.99 Å². The SMILES string of the molecule is I.NC(=NCC(=O)NC1CC1)NC1CCCC1. The summed E-state index contributed by atoms with van der Waals surface area (Å²) in [7, 11) is 0. The fourth-order valence-corrected chi connectivity index (χ4v) is 1.98. The largest absolute Gasteiger partial charge is 0.370 e. The van der Waals surface area contributed by atoms with Crippen LogP contribution in [0.3, 0.4) is 0 Å². The molecular formula is C11H21IN4O. The maximum Gasteiger partial charge on any atom is 0.242 e. The molecule has 1 amide bonds. The van der Waals surface area contributed by atoms with Gasteiger partial charge in [-0.05, 0) is 25.7 Å². The Morgan fingerprint density at radius 3 is 2.29 bits per heavy atom. The number of halogens is 1. The van der Waals surface area contributed by atoms with Crippen LogP contribution in [0.4, 0.5) is 0 Å². The number of hydrogen-bond acceptors (Lipinski definition) is 2. The number of rotatable bonds is 4. The van der Waals surface area contributed by atoms with E-state index in [2.05, 4.69) is 15.6 Å². The van der Waals surface area contributed by atoms with Crippen molar-refractivity contribution in [1.82, 2.24) is 10.6 Å². The van der Waals surface area contributed by atoms with Gasteiger partial charge >= 0.3 is 0 Å². The Labute approximate surface area is 119 Å². The summed E-state index contributed by atoms with van der Waals surface area (Å²) in [6, 6.07) is 0.849. The maximum atomic E-state index is 11.3. The highest BCUT2D eigenvalue weighted by molar-refractivity contribution is 14.0. The van der Waals surface area contributed by atoms with Crippen LogP contribution in [0.25, 0.3) is 0 Å². The van der Waals surface area contributed by atoms with E-state index in [9.17, 15) is 4.79 Å². The van der Waals surface area contributed by atoms with Crippen LogP contribution in [-0.2, 0) is 4.79 Å². The highest BCUT2D eigenvalue weighted by Gasteiger charge is 2.22. The summed E-state index contributed by atoms with van der Waals surface area (Å²) in [5.41, 5.74) is 5.71. The third kappa shape index (κ3) is 5.56. The van der Waals surface area contributed by atoms with Crippen molar-refractivity contribution in [2.45, 2.75) is 50.6 Å². The highest BCUT2D eigenvalue weighted by atomic mass is 127. The van der Waals surface area contributed by atoms with E-state index < -0.39 is 0 Å². The van der Waals surface area contributed by atoms with Crippen molar-refractivity contribution in [3.63, 3.8) is 0 Å². The maximum absolute atomic E-state index is 11.3. The zero-order valence-corrected chi connectivity index (χ0v) is 12.3. The van der Waals surface area contributed by atoms with Crippen molar-refractivity contribution >= 4 is 35.8 Å². The van der Waals surface area contributed by atoms with Gasteiger partial charge in [-0.15, -0.1) is 24.0 Å². The zero-order chi connectivity index (χ0) is 11.4. The molecule has 98 valence electrons. The molecule has 2 fully saturated rings. The Hall–Kier alpha value is -0.530. The van der Waals surface area contributed by atoms with Crippen LogP contribution >= 0.6 is 24.0 Å². The summed E-state index contributed by atoms with van der Waals surface area (Å²) in [4.78, 5) is 15.4. The number of amides is 1. The van der Waals surface area contributed by atoms with Gasteiger partial charge in [0.05, 0.1) is 0 Å². The number of nitrogens with zero attached hydrogens (tertiary/aromatic N) is 1. The number of carbonyl (C=O) groups excluding carboxylic acids is 1. The second kappa shape index (κ2) is 7.03. The number of guanidine groups is 1. The molecule has 6 heteroatoms. The molecule has 0 aliphatic heterocycles.